The number of cyclic esters (lactones) is 1. The Morgan fingerprint density at radius 1 is 1.05 bits per heavy atom. The molecule has 0 unspecified atom stereocenters. The average molecular weight is 281 g/mol. The molecule has 0 saturated carbocycles. The molecule has 3 nitrogen and oxygen atoms in total. The van der Waals surface area contributed by atoms with Crippen molar-refractivity contribution in [3.63, 3.8) is 0 Å². The van der Waals surface area contributed by atoms with E-state index in [1.54, 1.807) is 0 Å². The number of benzene rings is 2. The molecule has 1 heterocycles. The normalized spacial score (nSPS) is 22.8. The second-order valence-corrected chi connectivity index (χ2v) is 5.43. The lowest BCUT2D eigenvalue weighted by molar-refractivity contribution is -0.161. The Hall–Kier alpha value is -2.13. The molecule has 2 aromatic carbocycles. The predicted octanol–water partition coefficient (Wildman–Crippen LogP) is 2.83. The molecule has 1 aliphatic heterocycles. The molecule has 108 valence electrons. The topological polar surface area (TPSA) is 29.5 Å². The van der Waals surface area contributed by atoms with Gasteiger partial charge in [-0.3, -0.25) is 9.69 Å². The highest BCUT2D eigenvalue weighted by Crippen LogP contribution is 2.27. The molecule has 1 fully saturated rings. The number of ether oxygens (including phenoxy) is 1. The lowest BCUT2D eigenvalue weighted by Gasteiger charge is -2.38. The van der Waals surface area contributed by atoms with Crippen molar-refractivity contribution in [3.05, 3.63) is 71.8 Å². The monoisotopic (exact) mass is 281 g/mol. The van der Waals surface area contributed by atoms with Crippen molar-refractivity contribution >= 4 is 5.97 Å². The summed E-state index contributed by atoms with van der Waals surface area (Å²) in [6.07, 6.45) is 0.680. The highest BCUT2D eigenvalue weighted by atomic mass is 16.5. The minimum Gasteiger partial charge on any atom is -0.462 e. The van der Waals surface area contributed by atoms with Gasteiger partial charge in [0.05, 0.1) is 6.04 Å². The van der Waals surface area contributed by atoms with Crippen molar-refractivity contribution in [2.24, 2.45) is 0 Å². The van der Waals surface area contributed by atoms with Crippen molar-refractivity contribution in [3.8, 4) is 0 Å². The molecule has 0 radical (unpaired) electrons. The van der Waals surface area contributed by atoms with Gasteiger partial charge < -0.3 is 4.74 Å². The van der Waals surface area contributed by atoms with E-state index in [4.69, 9.17) is 4.74 Å². The summed E-state index contributed by atoms with van der Waals surface area (Å²) in [5.74, 6) is -0.131. The summed E-state index contributed by atoms with van der Waals surface area (Å²) in [5, 5.41) is 0. The van der Waals surface area contributed by atoms with Gasteiger partial charge in [0.15, 0.2) is 0 Å². The van der Waals surface area contributed by atoms with E-state index >= 15 is 0 Å². The van der Waals surface area contributed by atoms with Crippen LogP contribution in [0.5, 0.6) is 0 Å². The molecular weight excluding hydrogens is 262 g/mol. The predicted molar refractivity (Wildman–Crippen MR) is 81.8 cm³/mol. The summed E-state index contributed by atoms with van der Waals surface area (Å²) in [6, 6.07) is 20.2. The molecule has 0 amide bonds. The molecule has 0 aliphatic carbocycles. The Kier molecular flexibility index (Phi) is 4.02. The van der Waals surface area contributed by atoms with Gasteiger partial charge in [0, 0.05) is 0 Å². The summed E-state index contributed by atoms with van der Waals surface area (Å²) < 4.78 is 5.42. The fraction of sp³-hybridized carbons (Fsp3) is 0.278. The summed E-state index contributed by atoms with van der Waals surface area (Å²) in [5.41, 5.74) is 2.34. The number of hydrogen-bond acceptors (Lipinski definition) is 3. The Balaban J connectivity index is 1.81. The van der Waals surface area contributed by atoms with Gasteiger partial charge in [0.25, 0.3) is 0 Å². The number of nitrogens with zero attached hydrogens (tertiary/aromatic N) is 1. The first-order valence-electron chi connectivity index (χ1n) is 7.23. The van der Waals surface area contributed by atoms with Gasteiger partial charge >= 0.3 is 5.97 Å². The van der Waals surface area contributed by atoms with Crippen molar-refractivity contribution in [2.45, 2.75) is 18.5 Å². The zero-order valence-corrected chi connectivity index (χ0v) is 12.1. The van der Waals surface area contributed by atoms with Crippen molar-refractivity contribution in [1.82, 2.24) is 4.90 Å². The first-order valence-corrected chi connectivity index (χ1v) is 7.23. The molecule has 2 atom stereocenters. The van der Waals surface area contributed by atoms with E-state index in [9.17, 15) is 4.79 Å². The maximum atomic E-state index is 12.1. The van der Waals surface area contributed by atoms with Crippen LogP contribution in [-0.2, 0) is 16.0 Å². The Morgan fingerprint density at radius 2 is 1.67 bits per heavy atom. The van der Waals surface area contributed by atoms with Gasteiger partial charge in [-0.05, 0) is 24.6 Å². The summed E-state index contributed by atoms with van der Waals surface area (Å²) in [6.45, 7) is 0.421. The third-order valence-electron chi connectivity index (χ3n) is 4.09. The van der Waals surface area contributed by atoms with Crippen LogP contribution in [0, 0.1) is 0 Å². The fourth-order valence-electron chi connectivity index (χ4n) is 2.83. The van der Waals surface area contributed by atoms with E-state index in [0.717, 1.165) is 5.56 Å². The molecule has 0 aromatic heterocycles. The van der Waals surface area contributed by atoms with Crippen LogP contribution in [0.4, 0.5) is 0 Å². The number of morpholine rings is 1. The maximum absolute atomic E-state index is 12.1. The second kappa shape index (κ2) is 6.10. The summed E-state index contributed by atoms with van der Waals surface area (Å²) in [7, 11) is 2.01. The third kappa shape index (κ3) is 2.98. The Labute approximate surface area is 125 Å². The van der Waals surface area contributed by atoms with Crippen LogP contribution in [0.3, 0.4) is 0 Å². The van der Waals surface area contributed by atoms with E-state index in [2.05, 4.69) is 17.0 Å². The molecule has 0 N–H and O–H groups in total. The van der Waals surface area contributed by atoms with E-state index < -0.39 is 0 Å². The molecule has 3 rings (SSSR count). The van der Waals surface area contributed by atoms with E-state index in [1.165, 1.54) is 5.56 Å². The van der Waals surface area contributed by atoms with E-state index in [-0.39, 0.29) is 18.1 Å². The molecule has 3 heteroatoms. The molecule has 21 heavy (non-hydrogen) atoms. The largest absolute Gasteiger partial charge is 0.462 e. The minimum atomic E-state index is -0.230. The Bertz CT molecular complexity index is 597. The van der Waals surface area contributed by atoms with Crippen LogP contribution in [0.1, 0.15) is 17.2 Å². The Morgan fingerprint density at radius 3 is 2.33 bits per heavy atom. The highest BCUT2D eigenvalue weighted by molar-refractivity contribution is 5.77. The minimum absolute atomic E-state index is 0.123. The van der Waals surface area contributed by atoms with Crippen LogP contribution in [0.2, 0.25) is 0 Å². The van der Waals surface area contributed by atoms with Crippen LogP contribution in [0.25, 0.3) is 0 Å². The third-order valence-corrected chi connectivity index (χ3v) is 4.09. The van der Waals surface area contributed by atoms with Crippen molar-refractivity contribution in [2.75, 3.05) is 13.7 Å². The average Bonchev–Trinajstić information content (AvgIpc) is 2.53. The van der Waals surface area contributed by atoms with Gasteiger partial charge in [0.1, 0.15) is 12.6 Å². The number of carbonyl (C=O) groups is 1. The van der Waals surface area contributed by atoms with E-state index in [1.807, 2.05) is 55.6 Å². The number of carbonyl (C=O) groups excluding carboxylic acids is 1. The molecular formula is C18H19NO2. The van der Waals surface area contributed by atoms with Gasteiger partial charge in [-0.1, -0.05) is 60.7 Å². The number of esters is 1. The molecule has 2 aromatic rings. The molecule has 1 aliphatic rings. The van der Waals surface area contributed by atoms with Crippen LogP contribution in [-0.4, -0.2) is 30.6 Å². The smallest absolute Gasteiger partial charge is 0.323 e. The molecule has 0 bridgehead atoms. The maximum Gasteiger partial charge on any atom is 0.323 e. The zero-order chi connectivity index (χ0) is 14.7. The van der Waals surface area contributed by atoms with Gasteiger partial charge in [0.2, 0.25) is 0 Å². The standard InChI is InChI=1S/C18H19NO2/c1-19-16(12-14-8-4-2-5-9-14)18(20)21-13-17(19)15-10-6-3-7-11-15/h2-11,16-17H,12-13H2,1H3/t16-,17-/m0/s1. The lowest BCUT2D eigenvalue weighted by atomic mass is 9.98. The zero-order valence-electron chi connectivity index (χ0n) is 12.1. The quantitative estimate of drug-likeness (QED) is 0.810. The van der Waals surface area contributed by atoms with Crippen molar-refractivity contribution in [1.29, 1.82) is 0 Å². The van der Waals surface area contributed by atoms with Crippen LogP contribution in [0.15, 0.2) is 60.7 Å². The van der Waals surface area contributed by atoms with Crippen LogP contribution < -0.4 is 0 Å². The summed E-state index contributed by atoms with van der Waals surface area (Å²) >= 11 is 0. The first-order chi connectivity index (χ1) is 10.3. The molecule has 0 spiro atoms. The first kappa shape index (κ1) is 13.8. The number of rotatable bonds is 3. The van der Waals surface area contributed by atoms with Gasteiger partial charge in [-0.2, -0.15) is 0 Å². The SMILES string of the molecule is CN1[C@@H](Cc2ccccc2)C(=O)OC[C@H]1c1ccccc1. The number of hydrogen-bond donors (Lipinski definition) is 0. The van der Waals surface area contributed by atoms with Gasteiger partial charge in [-0.25, -0.2) is 0 Å². The second-order valence-electron chi connectivity index (χ2n) is 5.43. The summed E-state index contributed by atoms with van der Waals surface area (Å²) in [4.78, 5) is 14.3. The van der Waals surface area contributed by atoms with E-state index in [0.29, 0.717) is 13.0 Å². The van der Waals surface area contributed by atoms with Crippen molar-refractivity contribution < 1.29 is 9.53 Å². The van der Waals surface area contributed by atoms with Crippen LogP contribution >= 0.6 is 0 Å². The lowest BCUT2D eigenvalue weighted by Crippen LogP contribution is -2.49. The highest BCUT2D eigenvalue weighted by Gasteiger charge is 2.36. The van der Waals surface area contributed by atoms with Gasteiger partial charge in [-0.15, -0.1) is 0 Å². The fourth-order valence-corrected chi connectivity index (χ4v) is 2.83. The molecule has 1 saturated heterocycles. The number of likely N-dealkylation sites (N-methyl/N-ethyl adjacent to an activating group) is 1.